The smallest absolute Gasteiger partial charge is 0.272 e. The van der Waals surface area contributed by atoms with E-state index in [1.165, 1.54) is 55.5 Å². The maximum Gasteiger partial charge on any atom is 0.272 e. The highest BCUT2D eigenvalue weighted by Gasteiger charge is 2.14. The van der Waals surface area contributed by atoms with E-state index in [9.17, 15) is 24.1 Å². The fraction of sp³-hybridized carbons (Fsp3) is 0.0588. The van der Waals surface area contributed by atoms with Crippen molar-refractivity contribution in [3.8, 4) is 0 Å². The first-order valence-corrected chi connectivity index (χ1v) is 7.16. The summed E-state index contributed by atoms with van der Waals surface area (Å²) < 4.78 is 13.6. The van der Waals surface area contributed by atoms with E-state index in [0.29, 0.717) is 5.56 Å². The van der Waals surface area contributed by atoms with Gasteiger partial charge in [-0.3, -0.25) is 19.7 Å². The highest BCUT2D eigenvalue weighted by molar-refractivity contribution is 6.08. The van der Waals surface area contributed by atoms with Crippen molar-refractivity contribution >= 4 is 29.3 Å². The minimum Gasteiger partial charge on any atom is -0.322 e. The van der Waals surface area contributed by atoms with Gasteiger partial charge in [0.05, 0.1) is 10.6 Å². The lowest BCUT2D eigenvalue weighted by Crippen LogP contribution is -2.29. The molecule has 2 N–H and O–H groups in total. The molecule has 2 rings (SSSR count). The first-order chi connectivity index (χ1) is 11.9. The molecular formula is C17H14FN3O4. The molecule has 0 aliphatic heterocycles. The monoisotopic (exact) mass is 343 g/mol. The molecular weight excluding hydrogens is 329 g/mol. The number of rotatable bonds is 5. The minimum absolute atomic E-state index is 0.0530. The number of halogens is 1. The molecule has 8 heteroatoms. The Morgan fingerprint density at radius 3 is 2.52 bits per heavy atom. The second-order valence-electron chi connectivity index (χ2n) is 5.03. The number of para-hydroxylation sites is 1. The van der Waals surface area contributed by atoms with E-state index in [1.807, 2.05) is 0 Å². The molecule has 0 fully saturated rings. The molecule has 2 aromatic carbocycles. The van der Waals surface area contributed by atoms with E-state index < -0.39 is 22.6 Å². The van der Waals surface area contributed by atoms with Crippen molar-refractivity contribution in [1.82, 2.24) is 5.32 Å². The number of carbonyl (C=O) groups excluding carboxylic acids is 2. The molecule has 0 atom stereocenters. The van der Waals surface area contributed by atoms with Crippen molar-refractivity contribution in [1.29, 1.82) is 0 Å². The van der Waals surface area contributed by atoms with E-state index in [2.05, 4.69) is 10.6 Å². The van der Waals surface area contributed by atoms with E-state index >= 15 is 0 Å². The van der Waals surface area contributed by atoms with Crippen LogP contribution in [0.15, 0.2) is 54.2 Å². The third kappa shape index (κ3) is 4.96. The normalized spacial score (nSPS) is 10.9. The van der Waals surface area contributed by atoms with Gasteiger partial charge in [0.1, 0.15) is 11.5 Å². The van der Waals surface area contributed by atoms with Gasteiger partial charge in [0.15, 0.2) is 0 Å². The van der Waals surface area contributed by atoms with Crippen LogP contribution in [0, 0.1) is 15.9 Å². The summed E-state index contributed by atoms with van der Waals surface area (Å²) in [5, 5.41) is 15.5. The molecule has 0 aliphatic carbocycles. The molecule has 0 radical (unpaired) electrons. The lowest BCUT2D eigenvalue weighted by atomic mass is 10.1. The summed E-state index contributed by atoms with van der Waals surface area (Å²) in [7, 11) is 0. The summed E-state index contributed by atoms with van der Waals surface area (Å²) in [6.07, 6.45) is 1.27. The summed E-state index contributed by atoms with van der Waals surface area (Å²) in [4.78, 5) is 33.9. The Kier molecular flexibility index (Phi) is 5.57. The van der Waals surface area contributed by atoms with Gasteiger partial charge in [-0.15, -0.1) is 0 Å². The lowest BCUT2D eigenvalue weighted by molar-refractivity contribution is -0.384. The van der Waals surface area contributed by atoms with Crippen LogP contribution in [0.5, 0.6) is 0 Å². The lowest BCUT2D eigenvalue weighted by Gasteiger charge is -2.10. The summed E-state index contributed by atoms with van der Waals surface area (Å²) in [6, 6.07) is 11.1. The summed E-state index contributed by atoms with van der Waals surface area (Å²) >= 11 is 0. The minimum atomic E-state index is -0.758. The van der Waals surface area contributed by atoms with Crippen molar-refractivity contribution in [2.45, 2.75) is 6.92 Å². The Morgan fingerprint density at radius 1 is 1.16 bits per heavy atom. The molecule has 25 heavy (non-hydrogen) atoms. The number of amides is 2. The number of non-ortho nitro benzene ring substituents is 1. The molecule has 2 amide bonds. The van der Waals surface area contributed by atoms with Gasteiger partial charge in [-0.1, -0.05) is 24.3 Å². The second-order valence-corrected chi connectivity index (χ2v) is 5.03. The zero-order chi connectivity index (χ0) is 18.4. The van der Waals surface area contributed by atoms with E-state index in [4.69, 9.17) is 0 Å². The highest BCUT2D eigenvalue weighted by atomic mass is 19.1. The van der Waals surface area contributed by atoms with Gasteiger partial charge in [-0.05, 0) is 23.8 Å². The van der Waals surface area contributed by atoms with Crippen LogP contribution in [-0.2, 0) is 9.59 Å². The molecule has 128 valence electrons. The number of nitro benzene ring substituents is 1. The Bertz CT molecular complexity index is 864. The number of carbonyl (C=O) groups is 2. The van der Waals surface area contributed by atoms with Crippen LogP contribution in [-0.4, -0.2) is 16.7 Å². The van der Waals surface area contributed by atoms with E-state index in [-0.39, 0.29) is 17.1 Å². The summed E-state index contributed by atoms with van der Waals surface area (Å²) in [5.41, 5.74) is -0.0499. The van der Waals surface area contributed by atoms with Crippen molar-refractivity contribution in [2.75, 3.05) is 5.32 Å². The topological polar surface area (TPSA) is 101 Å². The molecule has 0 saturated heterocycles. The van der Waals surface area contributed by atoms with Crippen molar-refractivity contribution in [3.63, 3.8) is 0 Å². The number of nitro groups is 1. The third-order valence-electron chi connectivity index (χ3n) is 3.07. The zero-order valence-corrected chi connectivity index (χ0v) is 13.2. The fourth-order valence-corrected chi connectivity index (χ4v) is 2.00. The van der Waals surface area contributed by atoms with Gasteiger partial charge in [-0.2, -0.15) is 0 Å². The zero-order valence-electron chi connectivity index (χ0n) is 13.2. The predicted molar refractivity (Wildman–Crippen MR) is 89.9 cm³/mol. The standard InChI is InChI=1S/C17H14FN3O4/c1-11(22)19-16(10-12-5-4-6-13(9-12)21(24)25)17(23)20-15-8-3-2-7-14(15)18/h2-10H,1H3,(H,19,22)(H,20,23)/b16-10-. The van der Waals surface area contributed by atoms with Gasteiger partial charge in [-0.25, -0.2) is 4.39 Å². The highest BCUT2D eigenvalue weighted by Crippen LogP contribution is 2.17. The number of anilines is 1. The quantitative estimate of drug-likeness (QED) is 0.495. The summed E-state index contributed by atoms with van der Waals surface area (Å²) in [6.45, 7) is 1.21. The van der Waals surface area contributed by atoms with Crippen molar-refractivity contribution < 1.29 is 18.9 Å². The van der Waals surface area contributed by atoms with Crippen LogP contribution in [0.3, 0.4) is 0 Å². The number of hydrogen-bond donors (Lipinski definition) is 2. The molecule has 2 aromatic rings. The average molecular weight is 343 g/mol. The van der Waals surface area contributed by atoms with Gasteiger partial charge < -0.3 is 10.6 Å². The molecule has 0 heterocycles. The van der Waals surface area contributed by atoms with E-state index in [0.717, 1.165) is 0 Å². The molecule has 0 saturated carbocycles. The maximum atomic E-state index is 13.6. The largest absolute Gasteiger partial charge is 0.322 e. The van der Waals surface area contributed by atoms with Gasteiger partial charge in [0, 0.05) is 19.1 Å². The molecule has 7 nitrogen and oxygen atoms in total. The van der Waals surface area contributed by atoms with Crippen LogP contribution in [0.4, 0.5) is 15.8 Å². The van der Waals surface area contributed by atoms with Crippen LogP contribution < -0.4 is 10.6 Å². The molecule has 0 unspecified atom stereocenters. The van der Waals surface area contributed by atoms with Gasteiger partial charge in [0.25, 0.3) is 11.6 Å². The number of nitrogens with one attached hydrogen (secondary N) is 2. The van der Waals surface area contributed by atoms with Crippen LogP contribution in [0.2, 0.25) is 0 Å². The molecule has 0 aliphatic rings. The van der Waals surface area contributed by atoms with E-state index in [1.54, 1.807) is 6.07 Å². The second kappa shape index (κ2) is 7.82. The Balaban J connectivity index is 2.33. The Morgan fingerprint density at radius 2 is 1.88 bits per heavy atom. The summed E-state index contributed by atoms with van der Waals surface area (Å²) in [5.74, 6) is -1.90. The number of nitrogens with zero attached hydrogens (tertiary/aromatic N) is 1. The molecule has 0 aromatic heterocycles. The number of hydrogen-bond acceptors (Lipinski definition) is 4. The Labute approximate surface area is 142 Å². The fourth-order valence-electron chi connectivity index (χ4n) is 2.00. The van der Waals surface area contributed by atoms with Gasteiger partial charge >= 0.3 is 0 Å². The Hall–Kier alpha value is -3.55. The van der Waals surface area contributed by atoms with Crippen molar-refractivity contribution in [3.05, 3.63) is 75.7 Å². The SMILES string of the molecule is CC(=O)N/C(=C\c1cccc([N+](=O)[O-])c1)C(=O)Nc1ccccc1F. The molecule has 0 bridgehead atoms. The first kappa shape index (κ1) is 17.8. The van der Waals surface area contributed by atoms with Crippen LogP contribution in [0.1, 0.15) is 12.5 Å². The molecule has 0 spiro atoms. The third-order valence-corrected chi connectivity index (χ3v) is 3.07. The maximum absolute atomic E-state index is 13.6. The van der Waals surface area contributed by atoms with Crippen LogP contribution in [0.25, 0.3) is 6.08 Å². The van der Waals surface area contributed by atoms with Crippen LogP contribution >= 0.6 is 0 Å². The first-order valence-electron chi connectivity index (χ1n) is 7.16. The predicted octanol–water partition coefficient (Wildman–Crippen LogP) is 2.85. The van der Waals surface area contributed by atoms with Crippen molar-refractivity contribution in [2.24, 2.45) is 0 Å². The van der Waals surface area contributed by atoms with Gasteiger partial charge in [0.2, 0.25) is 5.91 Å². The average Bonchev–Trinajstić information content (AvgIpc) is 2.56. The number of benzene rings is 2.